The van der Waals surface area contributed by atoms with Crippen molar-refractivity contribution >= 4 is 17.6 Å². The number of ether oxygens (including phenoxy) is 1. The van der Waals surface area contributed by atoms with Crippen molar-refractivity contribution in [1.29, 1.82) is 0 Å². The third-order valence-corrected chi connectivity index (χ3v) is 3.76. The number of benzene rings is 1. The molecule has 1 unspecified atom stereocenters. The Labute approximate surface area is 142 Å². The number of nitrogens with one attached hydrogen (secondary N) is 1. The maximum absolute atomic E-state index is 13.5. The van der Waals surface area contributed by atoms with Gasteiger partial charge in [0.25, 0.3) is 11.9 Å². The molecule has 1 aromatic carbocycles. The van der Waals surface area contributed by atoms with Gasteiger partial charge in [-0.15, -0.1) is 0 Å². The lowest BCUT2D eigenvalue weighted by Gasteiger charge is -2.08. The number of aliphatic imine (C=N–C) groups is 1. The minimum absolute atomic E-state index is 0.0582. The van der Waals surface area contributed by atoms with Crippen molar-refractivity contribution in [3.05, 3.63) is 59.4 Å². The van der Waals surface area contributed by atoms with Crippen LogP contribution in [0.4, 0.5) is 14.5 Å². The molecule has 1 atom stereocenters. The van der Waals surface area contributed by atoms with Crippen molar-refractivity contribution in [1.82, 2.24) is 4.98 Å². The van der Waals surface area contributed by atoms with Gasteiger partial charge in [0.2, 0.25) is 5.95 Å². The Morgan fingerprint density at radius 1 is 1.32 bits per heavy atom. The number of hydrogen-bond donors (Lipinski definition) is 2. The van der Waals surface area contributed by atoms with E-state index in [0.29, 0.717) is 18.5 Å². The number of aryl methyl sites for hydroxylation is 1. The van der Waals surface area contributed by atoms with Crippen LogP contribution in [0.3, 0.4) is 0 Å². The number of halogens is 2. The average Bonchev–Trinajstić information content (AvgIpc) is 3.02. The summed E-state index contributed by atoms with van der Waals surface area (Å²) in [5.74, 6) is -2.56. The highest BCUT2D eigenvalue weighted by Crippen LogP contribution is 2.16. The molecule has 8 heteroatoms. The number of amides is 1. The van der Waals surface area contributed by atoms with Crippen LogP contribution in [-0.2, 0) is 11.2 Å². The molecule has 1 aliphatic rings. The number of pyridine rings is 1. The van der Waals surface area contributed by atoms with Crippen LogP contribution in [0.1, 0.15) is 22.3 Å². The fourth-order valence-electron chi connectivity index (χ4n) is 2.45. The average molecular weight is 346 g/mol. The first kappa shape index (κ1) is 16.8. The molecule has 130 valence electrons. The Hall–Kier alpha value is -3.03. The van der Waals surface area contributed by atoms with E-state index < -0.39 is 23.2 Å². The van der Waals surface area contributed by atoms with Crippen LogP contribution in [0.5, 0.6) is 0 Å². The van der Waals surface area contributed by atoms with E-state index in [9.17, 15) is 13.6 Å². The number of carbonyl (C=O) groups excluding carboxylic acids is 1. The molecule has 25 heavy (non-hydrogen) atoms. The molecule has 2 aromatic rings. The smallest absolute Gasteiger partial charge is 0.282 e. The molecule has 1 aromatic heterocycles. The van der Waals surface area contributed by atoms with E-state index in [1.54, 1.807) is 12.1 Å². The Kier molecular flexibility index (Phi) is 4.87. The summed E-state index contributed by atoms with van der Waals surface area (Å²) in [6.45, 7) is 0.493. The molecule has 0 spiro atoms. The number of hydrogen-bond acceptors (Lipinski definition) is 5. The standard InChI is InChI=1S/C17H16F2N4O2/c18-11-7-14(15(19)21-8-11)16(24)22-12-4-1-10(2-5-12)3-6-13-9-25-17(20)23-13/h1-2,4-5,7-8,13H,3,6,9H2,(H2,20,23)(H,22,24). The van der Waals surface area contributed by atoms with E-state index >= 15 is 0 Å². The molecule has 0 aliphatic carbocycles. The van der Waals surface area contributed by atoms with E-state index in [2.05, 4.69) is 15.3 Å². The summed E-state index contributed by atoms with van der Waals surface area (Å²) < 4.78 is 31.7. The van der Waals surface area contributed by atoms with Gasteiger partial charge in [-0.3, -0.25) is 4.79 Å². The summed E-state index contributed by atoms with van der Waals surface area (Å²) >= 11 is 0. The molecule has 0 saturated heterocycles. The van der Waals surface area contributed by atoms with Gasteiger partial charge in [0, 0.05) is 5.69 Å². The molecular weight excluding hydrogens is 330 g/mol. The second-order valence-electron chi connectivity index (χ2n) is 5.61. The summed E-state index contributed by atoms with van der Waals surface area (Å²) in [4.78, 5) is 19.3. The minimum atomic E-state index is -1.02. The van der Waals surface area contributed by atoms with Gasteiger partial charge >= 0.3 is 0 Å². The molecule has 2 heterocycles. The summed E-state index contributed by atoms with van der Waals surface area (Å²) in [7, 11) is 0. The lowest BCUT2D eigenvalue weighted by atomic mass is 10.1. The van der Waals surface area contributed by atoms with Gasteiger partial charge in [0.05, 0.1) is 17.8 Å². The topological polar surface area (TPSA) is 89.6 Å². The first-order valence-electron chi connectivity index (χ1n) is 7.68. The number of anilines is 1. The summed E-state index contributed by atoms with van der Waals surface area (Å²) in [6, 6.07) is 8.17. The highest BCUT2D eigenvalue weighted by atomic mass is 19.1. The Balaban J connectivity index is 1.58. The Morgan fingerprint density at radius 2 is 2.08 bits per heavy atom. The molecule has 6 nitrogen and oxygen atoms in total. The predicted molar refractivity (Wildman–Crippen MR) is 88.2 cm³/mol. The van der Waals surface area contributed by atoms with Crippen molar-refractivity contribution in [2.45, 2.75) is 18.9 Å². The van der Waals surface area contributed by atoms with Crippen LogP contribution < -0.4 is 11.1 Å². The SMILES string of the molecule is NC1=NC(CCc2ccc(NC(=O)c3cc(F)cnc3F)cc2)CO1. The zero-order valence-corrected chi connectivity index (χ0v) is 13.2. The molecule has 0 radical (unpaired) electrons. The second kappa shape index (κ2) is 7.25. The van der Waals surface area contributed by atoms with Crippen molar-refractivity contribution in [3.63, 3.8) is 0 Å². The van der Waals surface area contributed by atoms with Crippen LogP contribution in [0.25, 0.3) is 0 Å². The zero-order chi connectivity index (χ0) is 17.8. The van der Waals surface area contributed by atoms with Gasteiger partial charge in [-0.2, -0.15) is 4.39 Å². The summed E-state index contributed by atoms with van der Waals surface area (Å²) in [6.07, 6.45) is 2.29. The number of nitrogens with zero attached hydrogens (tertiary/aromatic N) is 2. The lowest BCUT2D eigenvalue weighted by molar-refractivity contribution is 0.102. The van der Waals surface area contributed by atoms with Crippen LogP contribution >= 0.6 is 0 Å². The first-order valence-corrected chi connectivity index (χ1v) is 7.68. The van der Waals surface area contributed by atoms with Crippen LogP contribution in [0.15, 0.2) is 41.5 Å². The van der Waals surface area contributed by atoms with Gasteiger partial charge in [0.15, 0.2) is 0 Å². The van der Waals surface area contributed by atoms with Gasteiger partial charge in [-0.05, 0) is 36.6 Å². The van der Waals surface area contributed by atoms with E-state index in [1.165, 1.54) is 0 Å². The lowest BCUT2D eigenvalue weighted by Crippen LogP contribution is -2.15. The molecule has 3 N–H and O–H groups in total. The third-order valence-electron chi connectivity index (χ3n) is 3.76. The first-order chi connectivity index (χ1) is 12.0. The molecule has 1 amide bonds. The second-order valence-corrected chi connectivity index (χ2v) is 5.61. The number of nitrogens with two attached hydrogens (primary N) is 1. The monoisotopic (exact) mass is 346 g/mol. The van der Waals surface area contributed by atoms with Crippen LogP contribution in [0, 0.1) is 11.8 Å². The van der Waals surface area contributed by atoms with Crippen molar-refractivity contribution in [3.8, 4) is 0 Å². The minimum Gasteiger partial charge on any atom is -0.463 e. The summed E-state index contributed by atoms with van der Waals surface area (Å²) in [5, 5.41) is 2.51. The fourth-order valence-corrected chi connectivity index (χ4v) is 2.45. The predicted octanol–water partition coefficient (Wildman–Crippen LogP) is 2.26. The van der Waals surface area contributed by atoms with Gasteiger partial charge in [0.1, 0.15) is 12.4 Å². The van der Waals surface area contributed by atoms with Gasteiger partial charge in [-0.1, -0.05) is 12.1 Å². The Morgan fingerprint density at radius 3 is 2.76 bits per heavy atom. The molecular formula is C17H16F2N4O2. The highest BCUT2D eigenvalue weighted by molar-refractivity contribution is 6.04. The molecule has 0 bridgehead atoms. The van der Waals surface area contributed by atoms with Crippen molar-refractivity contribution in [2.75, 3.05) is 11.9 Å². The number of carbonyl (C=O) groups is 1. The molecule has 1 aliphatic heterocycles. The molecule has 0 fully saturated rings. The summed E-state index contributed by atoms with van der Waals surface area (Å²) in [5.41, 5.74) is 6.55. The molecule has 0 saturated carbocycles. The maximum atomic E-state index is 13.5. The van der Waals surface area contributed by atoms with E-state index in [-0.39, 0.29) is 12.1 Å². The van der Waals surface area contributed by atoms with Crippen molar-refractivity contribution < 1.29 is 18.3 Å². The number of amidine groups is 1. The van der Waals surface area contributed by atoms with E-state index in [0.717, 1.165) is 24.5 Å². The van der Waals surface area contributed by atoms with E-state index in [4.69, 9.17) is 10.5 Å². The zero-order valence-electron chi connectivity index (χ0n) is 13.2. The van der Waals surface area contributed by atoms with Crippen LogP contribution in [-0.4, -0.2) is 29.6 Å². The number of rotatable bonds is 5. The van der Waals surface area contributed by atoms with Crippen molar-refractivity contribution in [2.24, 2.45) is 10.7 Å². The maximum Gasteiger partial charge on any atom is 0.282 e. The Bertz CT molecular complexity index is 809. The van der Waals surface area contributed by atoms with E-state index in [1.807, 2.05) is 12.1 Å². The number of aromatic nitrogens is 1. The normalized spacial score (nSPS) is 16.2. The highest BCUT2D eigenvalue weighted by Gasteiger charge is 2.17. The quantitative estimate of drug-likeness (QED) is 0.813. The van der Waals surface area contributed by atoms with Gasteiger partial charge in [-0.25, -0.2) is 14.4 Å². The largest absolute Gasteiger partial charge is 0.463 e. The molecule has 3 rings (SSSR count). The van der Waals surface area contributed by atoms with Crippen LogP contribution in [0.2, 0.25) is 0 Å². The fraction of sp³-hybridized carbons (Fsp3) is 0.235. The third kappa shape index (κ3) is 4.28. The van der Waals surface area contributed by atoms with Gasteiger partial charge < -0.3 is 15.8 Å².